The van der Waals surface area contributed by atoms with E-state index in [2.05, 4.69) is 33.4 Å². The van der Waals surface area contributed by atoms with Crippen LogP contribution in [0.1, 0.15) is 16.8 Å². The van der Waals surface area contributed by atoms with E-state index in [4.69, 9.17) is 0 Å². The van der Waals surface area contributed by atoms with E-state index in [0.29, 0.717) is 28.8 Å². The topological polar surface area (TPSA) is 66.5 Å². The molecule has 0 aromatic heterocycles. The first-order valence-electron chi connectivity index (χ1n) is 10.3. The van der Waals surface area contributed by atoms with Crippen molar-refractivity contribution in [3.05, 3.63) is 70.7 Å². The van der Waals surface area contributed by atoms with Crippen LogP contribution in [0.25, 0.3) is 0 Å². The van der Waals surface area contributed by atoms with E-state index < -0.39 is 0 Å². The highest BCUT2D eigenvalue weighted by Crippen LogP contribution is 2.65. The van der Waals surface area contributed by atoms with Crippen LogP contribution in [0.5, 0.6) is 0 Å². The third kappa shape index (κ3) is 2.56. The minimum Gasteiger partial charge on any atom is -0.322 e. The molecule has 7 rings (SSSR count). The zero-order valence-corrected chi connectivity index (χ0v) is 17.6. The largest absolute Gasteiger partial charge is 0.322 e. The summed E-state index contributed by atoms with van der Waals surface area (Å²) in [5.74, 6) is 0.769. The molecule has 4 aliphatic carbocycles. The molecule has 6 heteroatoms. The summed E-state index contributed by atoms with van der Waals surface area (Å²) in [7, 11) is 0. The Morgan fingerprint density at radius 3 is 2.00 bits per heavy atom. The summed E-state index contributed by atoms with van der Waals surface area (Å²) in [4.78, 5) is 40.2. The number of halogens is 1. The van der Waals surface area contributed by atoms with Crippen molar-refractivity contribution in [2.75, 3.05) is 10.2 Å². The number of carbonyl (C=O) groups excluding carboxylic acids is 3. The fraction of sp³-hybridized carbons (Fsp3) is 0.292. The molecular weight excluding hydrogens is 444 g/mol. The number of rotatable bonds is 3. The second kappa shape index (κ2) is 6.38. The van der Waals surface area contributed by atoms with E-state index in [1.807, 2.05) is 24.3 Å². The van der Waals surface area contributed by atoms with Gasteiger partial charge in [-0.05, 0) is 78.6 Å². The Labute approximate surface area is 182 Å². The third-order valence-electron chi connectivity index (χ3n) is 7.15. The van der Waals surface area contributed by atoms with E-state index in [0.717, 1.165) is 10.9 Å². The molecule has 3 fully saturated rings. The maximum atomic E-state index is 13.2. The number of imide groups is 1. The highest BCUT2D eigenvalue weighted by atomic mass is 79.9. The number of amides is 3. The Morgan fingerprint density at radius 2 is 1.43 bits per heavy atom. The van der Waals surface area contributed by atoms with Crippen molar-refractivity contribution in [1.82, 2.24) is 0 Å². The van der Waals surface area contributed by atoms with Crippen LogP contribution in [0.2, 0.25) is 0 Å². The van der Waals surface area contributed by atoms with Gasteiger partial charge in [0.25, 0.3) is 5.91 Å². The number of hydrogen-bond acceptors (Lipinski definition) is 3. The van der Waals surface area contributed by atoms with Crippen molar-refractivity contribution in [2.45, 2.75) is 6.42 Å². The summed E-state index contributed by atoms with van der Waals surface area (Å²) >= 11 is 3.37. The number of hydrogen-bond donors (Lipinski definition) is 1. The summed E-state index contributed by atoms with van der Waals surface area (Å²) < 4.78 is 0.936. The van der Waals surface area contributed by atoms with Crippen LogP contribution in [0.3, 0.4) is 0 Å². The molecule has 0 radical (unpaired) electrons. The molecule has 5 nitrogen and oxygen atoms in total. The smallest absolute Gasteiger partial charge is 0.255 e. The van der Waals surface area contributed by atoms with Crippen molar-refractivity contribution >= 4 is 45.0 Å². The zero-order valence-electron chi connectivity index (χ0n) is 16.0. The van der Waals surface area contributed by atoms with Crippen LogP contribution in [0.4, 0.5) is 11.4 Å². The van der Waals surface area contributed by atoms with Gasteiger partial charge < -0.3 is 5.32 Å². The Kier molecular flexibility index (Phi) is 3.84. The van der Waals surface area contributed by atoms with Crippen molar-refractivity contribution < 1.29 is 14.4 Å². The molecular formula is C24H19BrN2O3. The van der Waals surface area contributed by atoms with Gasteiger partial charge in [0, 0.05) is 15.7 Å². The summed E-state index contributed by atoms with van der Waals surface area (Å²) in [6.45, 7) is 0. The lowest BCUT2D eigenvalue weighted by Gasteiger charge is -2.37. The number of nitrogens with one attached hydrogen (secondary N) is 1. The highest BCUT2D eigenvalue weighted by molar-refractivity contribution is 9.10. The molecule has 30 heavy (non-hydrogen) atoms. The lowest BCUT2D eigenvalue weighted by Crippen LogP contribution is -2.40. The standard InChI is InChI=1S/C24H19BrN2O3/c25-13-3-5-14(6-4-13)26-22(28)12-1-7-15(8-2-12)27-23(29)20-16-9-10-17(19-11-18(16)19)21(20)24(27)30/h1-10,16-21H,11H2,(H,26,28)/t16-,17-,18-,19+,20+,21+/m0/s1. The van der Waals surface area contributed by atoms with E-state index in [1.54, 1.807) is 24.3 Å². The van der Waals surface area contributed by atoms with Crippen LogP contribution in [-0.4, -0.2) is 17.7 Å². The van der Waals surface area contributed by atoms with Crippen LogP contribution in [0, 0.1) is 35.5 Å². The lowest BCUT2D eigenvalue weighted by molar-refractivity contribution is -0.124. The van der Waals surface area contributed by atoms with Crippen LogP contribution in [0.15, 0.2) is 65.2 Å². The maximum absolute atomic E-state index is 13.2. The van der Waals surface area contributed by atoms with Crippen LogP contribution in [-0.2, 0) is 9.59 Å². The first kappa shape index (κ1) is 18.1. The van der Waals surface area contributed by atoms with Crippen molar-refractivity contribution in [1.29, 1.82) is 0 Å². The normalized spacial score (nSPS) is 32.8. The van der Waals surface area contributed by atoms with Gasteiger partial charge in [-0.1, -0.05) is 28.1 Å². The van der Waals surface area contributed by atoms with Crippen LogP contribution >= 0.6 is 15.9 Å². The molecule has 1 N–H and O–H groups in total. The molecule has 3 amide bonds. The number of benzene rings is 2. The number of anilines is 2. The zero-order chi connectivity index (χ0) is 20.6. The Hall–Kier alpha value is -2.73. The predicted molar refractivity (Wildman–Crippen MR) is 116 cm³/mol. The van der Waals surface area contributed by atoms with E-state index in [9.17, 15) is 14.4 Å². The lowest BCUT2D eigenvalue weighted by atomic mass is 9.63. The van der Waals surface area contributed by atoms with Gasteiger partial charge in [0.1, 0.15) is 0 Å². The highest BCUT2D eigenvalue weighted by Gasteiger charge is 2.67. The third-order valence-corrected chi connectivity index (χ3v) is 7.68. The minimum atomic E-state index is -0.237. The second-order valence-corrected chi connectivity index (χ2v) is 9.59. The fourth-order valence-corrected chi connectivity index (χ4v) is 5.97. The molecule has 2 aromatic carbocycles. The second-order valence-electron chi connectivity index (χ2n) is 8.67. The van der Waals surface area contributed by atoms with Crippen LogP contribution < -0.4 is 10.2 Å². The Morgan fingerprint density at radius 1 is 0.867 bits per heavy atom. The summed E-state index contributed by atoms with van der Waals surface area (Å²) in [6.07, 6.45) is 5.49. The molecule has 2 saturated carbocycles. The monoisotopic (exact) mass is 462 g/mol. The average molecular weight is 463 g/mol. The van der Waals surface area contributed by atoms with E-state index in [-0.39, 0.29) is 41.4 Å². The quantitative estimate of drug-likeness (QED) is 0.547. The number of nitrogens with zero attached hydrogens (tertiary/aromatic N) is 1. The molecule has 5 aliphatic rings. The summed E-state index contributed by atoms with van der Waals surface area (Å²) in [6, 6.07) is 14.1. The van der Waals surface area contributed by atoms with Gasteiger partial charge in [-0.25, -0.2) is 0 Å². The van der Waals surface area contributed by atoms with Gasteiger partial charge in [0.15, 0.2) is 0 Å². The predicted octanol–water partition coefficient (Wildman–Crippen LogP) is 4.26. The van der Waals surface area contributed by atoms with Gasteiger partial charge in [0.05, 0.1) is 17.5 Å². The molecule has 1 saturated heterocycles. The molecule has 0 spiro atoms. The first-order chi connectivity index (χ1) is 14.5. The van der Waals surface area contributed by atoms with Gasteiger partial charge in [-0.3, -0.25) is 19.3 Å². The van der Waals surface area contributed by atoms with Gasteiger partial charge in [-0.2, -0.15) is 0 Å². The average Bonchev–Trinajstić information content (AvgIpc) is 3.53. The molecule has 2 aromatic rings. The minimum absolute atomic E-state index is 0.0817. The van der Waals surface area contributed by atoms with Crippen molar-refractivity contribution in [3.8, 4) is 0 Å². The SMILES string of the molecule is O=C(Nc1ccc(Br)cc1)c1ccc(N2C(=O)[C@@H]3[C@H]4C=C[C@@H]([C@@H]5C[C@H]45)[C@H]3C2=O)cc1. The van der Waals surface area contributed by atoms with Crippen molar-refractivity contribution in [2.24, 2.45) is 35.5 Å². The van der Waals surface area contributed by atoms with E-state index >= 15 is 0 Å². The molecule has 1 aliphatic heterocycles. The molecule has 0 unspecified atom stereocenters. The van der Waals surface area contributed by atoms with Gasteiger partial charge in [0.2, 0.25) is 11.8 Å². The van der Waals surface area contributed by atoms with E-state index in [1.165, 1.54) is 4.90 Å². The van der Waals surface area contributed by atoms with Crippen molar-refractivity contribution in [3.63, 3.8) is 0 Å². The molecule has 150 valence electrons. The first-order valence-corrected chi connectivity index (χ1v) is 11.1. The molecule has 6 atom stereocenters. The molecule has 1 heterocycles. The Bertz CT molecular complexity index is 1070. The maximum Gasteiger partial charge on any atom is 0.255 e. The number of allylic oxidation sites excluding steroid dienone is 2. The van der Waals surface area contributed by atoms with Gasteiger partial charge >= 0.3 is 0 Å². The number of carbonyl (C=O) groups is 3. The Balaban J connectivity index is 1.23. The fourth-order valence-electron chi connectivity index (χ4n) is 5.71. The van der Waals surface area contributed by atoms with Gasteiger partial charge in [-0.15, -0.1) is 0 Å². The summed E-state index contributed by atoms with van der Waals surface area (Å²) in [5.41, 5.74) is 1.72. The summed E-state index contributed by atoms with van der Waals surface area (Å²) in [5, 5.41) is 2.85. The molecule has 2 bridgehead atoms.